The molecule has 0 aliphatic carbocycles. The molecule has 0 aliphatic heterocycles. The van der Waals surface area contributed by atoms with Crippen molar-refractivity contribution < 1.29 is 4.74 Å². The summed E-state index contributed by atoms with van der Waals surface area (Å²) in [6.07, 6.45) is 1.98. The summed E-state index contributed by atoms with van der Waals surface area (Å²) in [5.74, 6) is 0.940. The molecule has 0 saturated heterocycles. The second-order valence-electron chi connectivity index (χ2n) is 2.73. The number of hydrogen-bond acceptors (Lipinski definition) is 1. The molecule has 0 amide bonds. The van der Waals surface area contributed by atoms with Gasteiger partial charge in [0.25, 0.3) is 0 Å². The van der Waals surface area contributed by atoms with Gasteiger partial charge in [0.15, 0.2) is 0 Å². The van der Waals surface area contributed by atoms with Gasteiger partial charge >= 0.3 is 85.7 Å². The maximum absolute atomic E-state index is 5.14. The maximum atomic E-state index is 5.14. The Bertz CT molecular complexity index is 294. The summed E-state index contributed by atoms with van der Waals surface area (Å²) in [5.41, 5.74) is 1.32. The van der Waals surface area contributed by atoms with Crippen LogP contribution in [0, 0.1) is 6.92 Å². The van der Waals surface area contributed by atoms with E-state index < -0.39 is 0 Å². The van der Waals surface area contributed by atoms with Crippen molar-refractivity contribution in [2.24, 2.45) is 0 Å². The van der Waals surface area contributed by atoms with Crippen molar-refractivity contribution in [3.05, 3.63) is 36.4 Å². The zero-order valence-electron chi connectivity index (χ0n) is 8.04. The zero-order valence-corrected chi connectivity index (χ0v) is 9.75. The minimum absolute atomic E-state index is 0.526. The van der Waals surface area contributed by atoms with E-state index in [1.807, 2.05) is 12.1 Å². The van der Waals surface area contributed by atoms with Gasteiger partial charge in [0.05, 0.1) is 0 Å². The standard InChI is InChI=1S/C11H14OSe/c1-4-7-13-11-6-5-10(12-3)8-9(11)2/h4-6,8H,1,7H2,2-3H3. The van der Waals surface area contributed by atoms with Crippen LogP contribution in [0.1, 0.15) is 5.56 Å². The minimum atomic E-state index is 0.526. The normalized spacial score (nSPS) is 9.69. The zero-order chi connectivity index (χ0) is 9.68. The summed E-state index contributed by atoms with van der Waals surface area (Å²) < 4.78 is 6.58. The molecule has 2 heteroatoms. The average Bonchev–Trinajstić information content (AvgIpc) is 2.16. The van der Waals surface area contributed by atoms with Crippen LogP contribution in [0.5, 0.6) is 5.75 Å². The molecule has 0 bridgehead atoms. The molecule has 0 N–H and O–H groups in total. The molecule has 1 aromatic rings. The summed E-state index contributed by atoms with van der Waals surface area (Å²) in [6, 6.07) is 6.25. The van der Waals surface area contributed by atoms with Crippen LogP contribution in [0.3, 0.4) is 0 Å². The van der Waals surface area contributed by atoms with Crippen molar-refractivity contribution in [1.82, 2.24) is 0 Å². The van der Waals surface area contributed by atoms with Crippen LogP contribution in [-0.4, -0.2) is 22.1 Å². The fraction of sp³-hybridized carbons (Fsp3) is 0.273. The summed E-state index contributed by atoms with van der Waals surface area (Å²) in [7, 11) is 1.70. The Kier molecular flexibility index (Phi) is 4.07. The van der Waals surface area contributed by atoms with E-state index >= 15 is 0 Å². The molecule has 0 saturated carbocycles. The Morgan fingerprint density at radius 2 is 2.31 bits per heavy atom. The van der Waals surface area contributed by atoms with Crippen molar-refractivity contribution in [1.29, 1.82) is 0 Å². The predicted octanol–water partition coefficient (Wildman–Crippen LogP) is 1.94. The Hall–Kier alpha value is -0.721. The van der Waals surface area contributed by atoms with Crippen LogP contribution < -0.4 is 9.20 Å². The van der Waals surface area contributed by atoms with Gasteiger partial charge in [0.2, 0.25) is 0 Å². The van der Waals surface area contributed by atoms with Gasteiger partial charge in [-0.05, 0) is 0 Å². The van der Waals surface area contributed by atoms with Crippen molar-refractivity contribution >= 4 is 19.4 Å². The molecule has 0 heterocycles. The first kappa shape index (κ1) is 10.4. The van der Waals surface area contributed by atoms with E-state index in [4.69, 9.17) is 4.74 Å². The molecular formula is C11H14OSe. The average molecular weight is 241 g/mol. The monoisotopic (exact) mass is 242 g/mol. The molecule has 70 valence electrons. The van der Waals surface area contributed by atoms with Crippen LogP contribution in [0.25, 0.3) is 0 Å². The summed E-state index contributed by atoms with van der Waals surface area (Å²) in [4.78, 5) is 0. The van der Waals surface area contributed by atoms with Crippen LogP contribution in [0.2, 0.25) is 5.32 Å². The fourth-order valence-electron chi connectivity index (χ4n) is 1.06. The molecule has 0 spiro atoms. The molecule has 0 fully saturated rings. The van der Waals surface area contributed by atoms with Crippen molar-refractivity contribution in [3.63, 3.8) is 0 Å². The molecule has 0 unspecified atom stereocenters. The number of ether oxygens (including phenoxy) is 1. The third-order valence-electron chi connectivity index (χ3n) is 1.74. The number of allylic oxidation sites excluding steroid dienone is 1. The summed E-state index contributed by atoms with van der Waals surface area (Å²) >= 11 is 0.526. The predicted molar refractivity (Wildman–Crippen MR) is 58.1 cm³/mol. The van der Waals surface area contributed by atoms with E-state index in [9.17, 15) is 0 Å². The second kappa shape index (κ2) is 5.11. The number of hydrogen-bond donors (Lipinski definition) is 0. The van der Waals surface area contributed by atoms with Gasteiger partial charge in [-0.3, -0.25) is 0 Å². The van der Waals surface area contributed by atoms with Crippen LogP contribution >= 0.6 is 0 Å². The van der Waals surface area contributed by atoms with Crippen molar-refractivity contribution in [3.8, 4) is 5.75 Å². The third kappa shape index (κ3) is 2.91. The first-order chi connectivity index (χ1) is 6.27. The summed E-state index contributed by atoms with van der Waals surface area (Å²) in [6.45, 7) is 5.86. The van der Waals surface area contributed by atoms with Gasteiger partial charge in [0, 0.05) is 0 Å². The third-order valence-corrected chi connectivity index (χ3v) is 4.20. The van der Waals surface area contributed by atoms with E-state index in [0.717, 1.165) is 11.1 Å². The fourth-order valence-corrected chi connectivity index (χ4v) is 2.63. The van der Waals surface area contributed by atoms with E-state index in [-0.39, 0.29) is 0 Å². The molecule has 1 rings (SSSR count). The number of aryl methyl sites for hydroxylation is 1. The van der Waals surface area contributed by atoms with Crippen molar-refractivity contribution in [2.45, 2.75) is 12.2 Å². The van der Waals surface area contributed by atoms with Crippen LogP contribution in [-0.2, 0) is 0 Å². The van der Waals surface area contributed by atoms with Crippen LogP contribution in [0.15, 0.2) is 30.9 Å². The van der Waals surface area contributed by atoms with Crippen LogP contribution in [0.4, 0.5) is 0 Å². The molecule has 0 aliphatic rings. The van der Waals surface area contributed by atoms with Gasteiger partial charge in [-0.2, -0.15) is 0 Å². The van der Waals surface area contributed by atoms with E-state index in [0.29, 0.717) is 15.0 Å². The van der Waals surface area contributed by atoms with Gasteiger partial charge < -0.3 is 0 Å². The SMILES string of the molecule is C=CC[Se]c1ccc(OC)cc1C. The number of rotatable bonds is 4. The molecule has 1 aromatic carbocycles. The molecule has 0 aromatic heterocycles. The Morgan fingerprint density at radius 1 is 1.54 bits per heavy atom. The Labute approximate surface area is 86.0 Å². The van der Waals surface area contributed by atoms with E-state index in [1.54, 1.807) is 7.11 Å². The molecule has 13 heavy (non-hydrogen) atoms. The second-order valence-corrected chi connectivity index (χ2v) is 4.96. The Balaban J connectivity index is 2.78. The number of methoxy groups -OCH3 is 1. The summed E-state index contributed by atoms with van der Waals surface area (Å²) in [5, 5.41) is 1.10. The molecular weight excluding hydrogens is 227 g/mol. The van der Waals surface area contributed by atoms with Gasteiger partial charge in [0.1, 0.15) is 0 Å². The first-order valence-electron chi connectivity index (χ1n) is 4.16. The van der Waals surface area contributed by atoms with E-state index in [2.05, 4.69) is 25.6 Å². The molecule has 1 nitrogen and oxygen atoms in total. The quantitative estimate of drug-likeness (QED) is 0.578. The topological polar surface area (TPSA) is 9.23 Å². The van der Waals surface area contributed by atoms with Gasteiger partial charge in [-0.15, -0.1) is 0 Å². The van der Waals surface area contributed by atoms with Gasteiger partial charge in [-0.1, -0.05) is 0 Å². The van der Waals surface area contributed by atoms with Crippen molar-refractivity contribution in [2.75, 3.05) is 7.11 Å². The van der Waals surface area contributed by atoms with Gasteiger partial charge in [-0.25, -0.2) is 0 Å². The first-order valence-corrected chi connectivity index (χ1v) is 6.23. The molecule has 0 radical (unpaired) electrons. The Morgan fingerprint density at radius 3 is 2.85 bits per heavy atom. The number of benzene rings is 1. The van der Waals surface area contributed by atoms with E-state index in [1.165, 1.54) is 10.0 Å². The molecule has 0 atom stereocenters.